The Morgan fingerprint density at radius 3 is 1.78 bits per heavy atom. The molecule has 0 aliphatic carbocycles. The van der Waals surface area contributed by atoms with Crippen molar-refractivity contribution in [2.75, 3.05) is 6.61 Å². The fourth-order valence-electron chi connectivity index (χ4n) is 4.31. The van der Waals surface area contributed by atoms with Gasteiger partial charge in [-0.2, -0.15) is 0 Å². The fraction of sp³-hybridized carbons (Fsp3) is 0.276. The van der Waals surface area contributed by atoms with E-state index in [9.17, 15) is 0 Å². The summed E-state index contributed by atoms with van der Waals surface area (Å²) >= 11 is 2.20. The van der Waals surface area contributed by atoms with Crippen molar-refractivity contribution in [3.63, 3.8) is 0 Å². The Kier molecular flexibility index (Phi) is 8.79. The van der Waals surface area contributed by atoms with Crippen molar-refractivity contribution in [1.29, 1.82) is 0 Å². The summed E-state index contributed by atoms with van der Waals surface area (Å²) < 4.78 is 28.5. The van der Waals surface area contributed by atoms with Gasteiger partial charge in [0.1, 0.15) is 22.0 Å². The Balaban J connectivity index is 1.35. The first kappa shape index (κ1) is 25.1. The van der Waals surface area contributed by atoms with Crippen molar-refractivity contribution in [2.45, 2.75) is 44.4 Å². The van der Waals surface area contributed by atoms with Gasteiger partial charge in [-0.25, -0.2) is 4.98 Å². The summed E-state index contributed by atoms with van der Waals surface area (Å²) in [5, 5.41) is 0. The highest BCUT2D eigenvalue weighted by atomic mass is 127. The third-order valence-corrected chi connectivity index (χ3v) is 6.67. The van der Waals surface area contributed by atoms with Crippen LogP contribution in [0.2, 0.25) is 0 Å². The summed E-state index contributed by atoms with van der Waals surface area (Å²) in [6.07, 6.45) is 2.40. The lowest BCUT2D eigenvalue weighted by molar-refractivity contribution is -0.0916. The molecule has 1 aromatic heterocycles. The molecule has 4 aromatic rings. The van der Waals surface area contributed by atoms with Crippen molar-refractivity contribution >= 4 is 22.6 Å². The van der Waals surface area contributed by atoms with Crippen LogP contribution < -0.4 is 0 Å². The van der Waals surface area contributed by atoms with Gasteiger partial charge < -0.3 is 23.5 Å². The Bertz CT molecular complexity index is 1190. The van der Waals surface area contributed by atoms with Crippen LogP contribution in [-0.4, -0.2) is 34.5 Å². The number of imidazole rings is 1. The van der Waals surface area contributed by atoms with Crippen molar-refractivity contribution in [1.82, 2.24) is 9.55 Å². The lowest BCUT2D eigenvalue weighted by atomic mass is 10.1. The van der Waals surface area contributed by atoms with Crippen LogP contribution in [-0.2, 0) is 38.8 Å². The summed E-state index contributed by atoms with van der Waals surface area (Å²) in [5.74, 6) is 0. The van der Waals surface area contributed by atoms with Crippen molar-refractivity contribution < 1.29 is 18.9 Å². The molecule has 0 saturated carbocycles. The standard InChI is InChI=1S/C29H29IN2O4/c30-26-16-32(21-31-26)29-28(35-19-24-14-8-3-9-15-24)27(34-18-23-12-6-2-7-13-23)25(36-29)20-33-17-22-10-4-1-5-11-22/h1-16,21,25,27-29H,17-20H2/t25-,27-,28-,29-/m1/s1. The van der Waals surface area contributed by atoms with E-state index >= 15 is 0 Å². The molecule has 0 spiro atoms. The Morgan fingerprint density at radius 2 is 1.25 bits per heavy atom. The van der Waals surface area contributed by atoms with Crippen molar-refractivity contribution in [2.24, 2.45) is 0 Å². The highest BCUT2D eigenvalue weighted by Crippen LogP contribution is 2.35. The average Bonchev–Trinajstić information content (AvgIpc) is 3.51. The maximum Gasteiger partial charge on any atom is 0.164 e. The molecule has 36 heavy (non-hydrogen) atoms. The smallest absolute Gasteiger partial charge is 0.164 e. The van der Waals surface area contributed by atoms with Crippen LogP contribution in [0.3, 0.4) is 0 Å². The van der Waals surface area contributed by atoms with Gasteiger partial charge in [-0.1, -0.05) is 91.0 Å². The molecule has 0 N–H and O–H groups in total. The number of hydrogen-bond donors (Lipinski definition) is 0. The van der Waals surface area contributed by atoms with Crippen LogP contribution in [0.4, 0.5) is 0 Å². The maximum atomic E-state index is 6.55. The Labute approximate surface area is 225 Å². The number of nitrogens with zero attached hydrogens (tertiary/aromatic N) is 2. The minimum Gasteiger partial charge on any atom is -0.374 e. The van der Waals surface area contributed by atoms with Gasteiger partial charge in [0, 0.05) is 6.20 Å². The minimum atomic E-state index is -0.379. The van der Waals surface area contributed by atoms with Gasteiger partial charge >= 0.3 is 0 Å². The van der Waals surface area contributed by atoms with E-state index in [1.807, 2.05) is 65.4 Å². The largest absolute Gasteiger partial charge is 0.374 e. The van der Waals surface area contributed by atoms with E-state index < -0.39 is 0 Å². The molecular formula is C29H29IN2O4. The Hall–Kier alpha value is -2.56. The molecule has 2 heterocycles. The van der Waals surface area contributed by atoms with Gasteiger partial charge in [-0.15, -0.1) is 0 Å². The average molecular weight is 596 g/mol. The van der Waals surface area contributed by atoms with Gasteiger partial charge in [0.05, 0.1) is 32.8 Å². The first-order valence-corrected chi connectivity index (χ1v) is 13.1. The van der Waals surface area contributed by atoms with E-state index in [1.54, 1.807) is 6.33 Å². The molecule has 4 atom stereocenters. The zero-order chi connectivity index (χ0) is 24.6. The SMILES string of the molecule is Ic1cn([C@@H]2O[C@H](COCc3ccccc3)[C@@H](OCc3ccccc3)[C@H]2OCc2ccccc2)cn1. The zero-order valence-corrected chi connectivity index (χ0v) is 22.0. The first-order valence-electron chi connectivity index (χ1n) is 12.0. The number of hydrogen-bond acceptors (Lipinski definition) is 5. The lowest BCUT2D eigenvalue weighted by Crippen LogP contribution is -2.38. The molecule has 3 aromatic carbocycles. The molecule has 0 radical (unpaired) electrons. The second-order valence-corrected chi connectivity index (χ2v) is 9.84. The number of aromatic nitrogens is 2. The molecule has 7 heteroatoms. The van der Waals surface area contributed by atoms with Gasteiger partial charge in [-0.05, 0) is 39.3 Å². The van der Waals surface area contributed by atoms with Crippen molar-refractivity contribution in [3.05, 3.63) is 124 Å². The summed E-state index contributed by atoms with van der Waals surface area (Å²) in [6, 6.07) is 30.5. The number of ether oxygens (including phenoxy) is 4. The van der Waals surface area contributed by atoms with E-state index in [0.29, 0.717) is 26.4 Å². The summed E-state index contributed by atoms with van der Waals surface area (Å²) in [4.78, 5) is 4.40. The minimum absolute atomic E-state index is 0.303. The van der Waals surface area contributed by atoms with E-state index in [0.717, 1.165) is 20.4 Å². The van der Waals surface area contributed by atoms with E-state index in [2.05, 4.69) is 64.0 Å². The molecule has 0 unspecified atom stereocenters. The molecule has 0 bridgehead atoms. The van der Waals surface area contributed by atoms with Crippen LogP contribution in [0.25, 0.3) is 0 Å². The second kappa shape index (κ2) is 12.6. The number of halogens is 1. The van der Waals surface area contributed by atoms with Crippen molar-refractivity contribution in [3.8, 4) is 0 Å². The first-order chi connectivity index (χ1) is 17.8. The van der Waals surface area contributed by atoms with Gasteiger partial charge in [0.15, 0.2) is 6.23 Å². The fourth-order valence-corrected chi connectivity index (χ4v) is 4.76. The van der Waals surface area contributed by atoms with E-state index in [1.165, 1.54) is 0 Å². The quantitative estimate of drug-likeness (QED) is 0.206. The van der Waals surface area contributed by atoms with E-state index in [-0.39, 0.29) is 24.5 Å². The highest BCUT2D eigenvalue weighted by Gasteiger charge is 2.47. The molecule has 0 amide bonds. The molecule has 1 saturated heterocycles. The predicted molar refractivity (Wildman–Crippen MR) is 145 cm³/mol. The van der Waals surface area contributed by atoms with Gasteiger partial charge in [0.2, 0.25) is 0 Å². The third-order valence-electron chi connectivity index (χ3n) is 6.11. The molecule has 6 nitrogen and oxygen atoms in total. The lowest BCUT2D eigenvalue weighted by Gasteiger charge is -2.25. The van der Waals surface area contributed by atoms with Crippen LogP contribution in [0.5, 0.6) is 0 Å². The predicted octanol–water partition coefficient (Wildman–Crippen LogP) is 5.77. The number of rotatable bonds is 11. The normalized spacial score (nSPS) is 21.6. The second-order valence-electron chi connectivity index (χ2n) is 8.73. The summed E-state index contributed by atoms with van der Waals surface area (Å²) in [6.45, 7) is 1.82. The maximum absolute atomic E-state index is 6.55. The molecular weight excluding hydrogens is 567 g/mol. The molecule has 1 aliphatic rings. The Morgan fingerprint density at radius 1 is 0.722 bits per heavy atom. The van der Waals surface area contributed by atoms with Crippen LogP contribution in [0.15, 0.2) is 104 Å². The topological polar surface area (TPSA) is 54.7 Å². The highest BCUT2D eigenvalue weighted by molar-refractivity contribution is 14.1. The molecule has 186 valence electrons. The van der Waals surface area contributed by atoms with E-state index in [4.69, 9.17) is 18.9 Å². The third kappa shape index (κ3) is 6.60. The summed E-state index contributed by atoms with van der Waals surface area (Å²) in [5.41, 5.74) is 3.32. The number of benzene rings is 3. The monoisotopic (exact) mass is 596 g/mol. The van der Waals surface area contributed by atoms with Gasteiger partial charge in [-0.3, -0.25) is 0 Å². The molecule has 1 fully saturated rings. The molecule has 1 aliphatic heterocycles. The van der Waals surface area contributed by atoms with Crippen LogP contribution in [0, 0.1) is 3.70 Å². The van der Waals surface area contributed by atoms with Crippen LogP contribution in [0.1, 0.15) is 22.9 Å². The van der Waals surface area contributed by atoms with Crippen LogP contribution >= 0.6 is 22.6 Å². The van der Waals surface area contributed by atoms with Gasteiger partial charge in [0.25, 0.3) is 0 Å². The molecule has 5 rings (SSSR count). The summed E-state index contributed by atoms with van der Waals surface area (Å²) in [7, 11) is 0. The zero-order valence-electron chi connectivity index (χ0n) is 19.9.